The third-order valence-corrected chi connectivity index (χ3v) is 2.96. The summed E-state index contributed by atoms with van der Waals surface area (Å²) in [4.78, 5) is 22.7. The fourth-order valence-electron chi connectivity index (χ4n) is 1.84. The van der Waals surface area contributed by atoms with Crippen molar-refractivity contribution in [3.05, 3.63) is 35.9 Å². The molecule has 1 aromatic carbocycles. The van der Waals surface area contributed by atoms with Crippen LogP contribution >= 0.6 is 0 Å². The maximum absolute atomic E-state index is 11.8. The SMILES string of the molecule is CCOC(=O)[C@H](CCc1ccccc1)N[C@@H](C)C(=O)O.[Au]. The molecule has 0 amide bonds. The minimum Gasteiger partial charge on any atom is -0.480 e. The van der Waals surface area contributed by atoms with Gasteiger partial charge in [-0.25, -0.2) is 0 Å². The molecule has 0 saturated carbocycles. The average Bonchev–Trinajstić information content (AvgIpc) is 2.44. The van der Waals surface area contributed by atoms with Gasteiger partial charge in [-0.2, -0.15) is 0 Å². The van der Waals surface area contributed by atoms with Crippen LogP contribution < -0.4 is 5.32 Å². The molecular formula is C15H21AuNO4. The van der Waals surface area contributed by atoms with Crippen LogP contribution in [0.1, 0.15) is 25.8 Å². The van der Waals surface area contributed by atoms with Crippen LogP contribution in [0.4, 0.5) is 0 Å². The Bertz CT molecular complexity index is 439. The Morgan fingerprint density at radius 3 is 2.43 bits per heavy atom. The number of aryl methyl sites for hydroxylation is 1. The zero-order chi connectivity index (χ0) is 15.0. The molecule has 21 heavy (non-hydrogen) atoms. The van der Waals surface area contributed by atoms with Gasteiger partial charge in [0.05, 0.1) is 6.61 Å². The van der Waals surface area contributed by atoms with Gasteiger partial charge in [-0.05, 0) is 32.3 Å². The van der Waals surface area contributed by atoms with Gasteiger partial charge in [-0.3, -0.25) is 14.9 Å². The number of nitrogens with one attached hydrogen (secondary N) is 1. The Kier molecular flexibility index (Phi) is 9.99. The molecule has 0 bridgehead atoms. The molecule has 1 rings (SSSR count). The predicted molar refractivity (Wildman–Crippen MR) is 75.4 cm³/mol. The Labute approximate surface area is 140 Å². The van der Waals surface area contributed by atoms with Gasteiger partial charge in [-0.15, -0.1) is 0 Å². The van der Waals surface area contributed by atoms with Crippen molar-refractivity contribution in [1.29, 1.82) is 0 Å². The maximum atomic E-state index is 11.8. The van der Waals surface area contributed by atoms with Crippen LogP contribution in [-0.4, -0.2) is 35.7 Å². The molecular weight excluding hydrogens is 455 g/mol. The van der Waals surface area contributed by atoms with Gasteiger partial charge in [0.15, 0.2) is 0 Å². The molecule has 0 saturated heterocycles. The van der Waals surface area contributed by atoms with Crippen molar-refractivity contribution >= 4 is 11.9 Å². The summed E-state index contributed by atoms with van der Waals surface area (Å²) in [5, 5.41) is 11.7. The van der Waals surface area contributed by atoms with Gasteiger partial charge < -0.3 is 9.84 Å². The van der Waals surface area contributed by atoms with Crippen molar-refractivity contribution < 1.29 is 41.8 Å². The van der Waals surface area contributed by atoms with E-state index in [0.717, 1.165) is 5.56 Å². The van der Waals surface area contributed by atoms with E-state index in [0.29, 0.717) is 12.8 Å². The van der Waals surface area contributed by atoms with Crippen molar-refractivity contribution in [2.45, 2.75) is 38.8 Å². The first-order valence-electron chi connectivity index (χ1n) is 6.74. The number of hydrogen-bond acceptors (Lipinski definition) is 4. The van der Waals surface area contributed by atoms with Crippen LogP contribution in [0.3, 0.4) is 0 Å². The number of carbonyl (C=O) groups is 2. The Morgan fingerprint density at radius 2 is 1.90 bits per heavy atom. The van der Waals surface area contributed by atoms with Crippen LogP contribution in [0.15, 0.2) is 30.3 Å². The van der Waals surface area contributed by atoms with Crippen molar-refractivity contribution in [2.75, 3.05) is 6.61 Å². The summed E-state index contributed by atoms with van der Waals surface area (Å²) in [6.07, 6.45) is 1.18. The van der Waals surface area contributed by atoms with Gasteiger partial charge in [0, 0.05) is 22.4 Å². The Hall–Kier alpha value is -1.14. The fraction of sp³-hybridized carbons (Fsp3) is 0.467. The molecule has 1 aromatic rings. The molecule has 121 valence electrons. The molecule has 0 heterocycles. The van der Waals surface area contributed by atoms with Crippen LogP contribution in [0.2, 0.25) is 0 Å². The number of ether oxygens (including phenoxy) is 1. The molecule has 5 nitrogen and oxygen atoms in total. The van der Waals surface area contributed by atoms with E-state index in [1.807, 2.05) is 30.3 Å². The van der Waals surface area contributed by atoms with Crippen LogP contribution in [-0.2, 0) is 43.1 Å². The molecule has 0 fully saturated rings. The summed E-state index contributed by atoms with van der Waals surface area (Å²) in [5.41, 5.74) is 1.10. The number of hydrogen-bond donors (Lipinski definition) is 2. The van der Waals surface area contributed by atoms with Crippen molar-refractivity contribution in [3.8, 4) is 0 Å². The van der Waals surface area contributed by atoms with Gasteiger partial charge >= 0.3 is 11.9 Å². The predicted octanol–water partition coefficient (Wildman–Crippen LogP) is 1.61. The van der Waals surface area contributed by atoms with E-state index < -0.39 is 24.0 Å². The molecule has 2 atom stereocenters. The zero-order valence-electron chi connectivity index (χ0n) is 12.1. The normalized spacial score (nSPS) is 12.9. The first-order valence-corrected chi connectivity index (χ1v) is 6.74. The van der Waals surface area contributed by atoms with Gasteiger partial charge in [0.2, 0.25) is 0 Å². The van der Waals surface area contributed by atoms with Crippen molar-refractivity contribution in [1.82, 2.24) is 5.32 Å². The quantitative estimate of drug-likeness (QED) is 0.441. The van der Waals surface area contributed by atoms with E-state index in [1.54, 1.807) is 6.92 Å². The maximum Gasteiger partial charge on any atom is 0.323 e. The molecule has 0 aliphatic heterocycles. The molecule has 0 unspecified atom stereocenters. The summed E-state index contributed by atoms with van der Waals surface area (Å²) in [7, 11) is 0. The third kappa shape index (κ3) is 7.43. The first-order chi connectivity index (χ1) is 9.54. The van der Waals surface area contributed by atoms with E-state index in [9.17, 15) is 9.59 Å². The number of aliphatic carboxylic acids is 1. The number of carbonyl (C=O) groups excluding carboxylic acids is 1. The Balaban J connectivity index is 0.00000400. The summed E-state index contributed by atoms with van der Waals surface area (Å²) >= 11 is 0. The number of carboxylic acids is 1. The summed E-state index contributed by atoms with van der Waals surface area (Å²) in [6, 6.07) is 8.34. The average molecular weight is 476 g/mol. The second-order valence-electron chi connectivity index (χ2n) is 4.56. The monoisotopic (exact) mass is 476 g/mol. The summed E-state index contributed by atoms with van der Waals surface area (Å²) in [6.45, 7) is 3.52. The van der Waals surface area contributed by atoms with Crippen LogP contribution in [0, 0.1) is 0 Å². The number of carboxylic acid groups (broad SMARTS) is 1. The third-order valence-electron chi connectivity index (χ3n) is 2.96. The van der Waals surface area contributed by atoms with E-state index in [-0.39, 0.29) is 29.0 Å². The second-order valence-corrected chi connectivity index (χ2v) is 4.56. The Morgan fingerprint density at radius 1 is 1.29 bits per heavy atom. The number of esters is 1. The van der Waals surface area contributed by atoms with E-state index in [4.69, 9.17) is 9.84 Å². The van der Waals surface area contributed by atoms with Crippen molar-refractivity contribution in [2.24, 2.45) is 0 Å². The zero-order valence-corrected chi connectivity index (χ0v) is 14.3. The first kappa shape index (κ1) is 19.9. The fourth-order valence-corrected chi connectivity index (χ4v) is 1.84. The molecule has 0 aliphatic rings. The van der Waals surface area contributed by atoms with Gasteiger partial charge in [-0.1, -0.05) is 30.3 Å². The largest absolute Gasteiger partial charge is 0.480 e. The van der Waals surface area contributed by atoms with E-state index >= 15 is 0 Å². The second kappa shape index (κ2) is 10.6. The molecule has 6 heteroatoms. The van der Waals surface area contributed by atoms with Crippen LogP contribution in [0.5, 0.6) is 0 Å². The molecule has 0 aliphatic carbocycles. The standard InChI is InChI=1S/C15H21NO4.Au/c1-3-20-15(19)13(16-11(2)14(17)18)10-9-12-7-5-4-6-8-12;/h4-8,11,13,16H,3,9-10H2,1-2H3,(H,17,18);/t11-,13-;/m0./s1. The summed E-state index contributed by atoms with van der Waals surface area (Å²) in [5.74, 6) is -1.39. The topological polar surface area (TPSA) is 75.6 Å². The van der Waals surface area contributed by atoms with Gasteiger partial charge in [0.25, 0.3) is 0 Å². The number of benzene rings is 1. The molecule has 0 spiro atoms. The number of rotatable bonds is 8. The van der Waals surface area contributed by atoms with E-state index in [2.05, 4.69) is 5.32 Å². The van der Waals surface area contributed by atoms with Crippen LogP contribution in [0.25, 0.3) is 0 Å². The molecule has 2 N–H and O–H groups in total. The summed E-state index contributed by atoms with van der Waals surface area (Å²) < 4.78 is 4.98. The van der Waals surface area contributed by atoms with Crippen molar-refractivity contribution in [3.63, 3.8) is 0 Å². The van der Waals surface area contributed by atoms with Gasteiger partial charge in [0.1, 0.15) is 12.1 Å². The smallest absolute Gasteiger partial charge is 0.323 e. The van der Waals surface area contributed by atoms with E-state index in [1.165, 1.54) is 6.92 Å². The molecule has 1 radical (unpaired) electrons. The molecule has 0 aromatic heterocycles. The minimum atomic E-state index is -0.987. The minimum absolute atomic E-state index is 0.